The van der Waals surface area contributed by atoms with E-state index in [9.17, 15) is 9.59 Å². The van der Waals surface area contributed by atoms with Crippen molar-refractivity contribution in [2.45, 2.75) is 130 Å². The molecule has 7 aliphatic rings. The molecule has 5 aliphatic carbocycles. The minimum atomic E-state index is -0.700. The molecule has 2 heterocycles. The maximum absolute atomic E-state index is 15.3. The Balaban J connectivity index is 1.11. The van der Waals surface area contributed by atoms with Gasteiger partial charge in [-0.1, -0.05) is 59.7 Å². The molecular formula is C42H59N3O3. The molecule has 1 aromatic carbocycles. The first kappa shape index (κ1) is 32.7. The largest absolute Gasteiger partial charge is 0.335 e. The molecule has 2 saturated heterocycles. The highest BCUT2D eigenvalue weighted by atomic mass is 16.2. The molecule has 4 saturated carbocycles. The van der Waals surface area contributed by atoms with Crippen LogP contribution in [0.1, 0.15) is 123 Å². The van der Waals surface area contributed by atoms with Gasteiger partial charge in [-0.3, -0.25) is 14.4 Å². The molecule has 10 atom stereocenters. The van der Waals surface area contributed by atoms with Crippen molar-refractivity contribution in [2.24, 2.45) is 57.0 Å². The number of amides is 2. The van der Waals surface area contributed by atoms with Gasteiger partial charge < -0.3 is 15.5 Å². The third kappa shape index (κ3) is 4.35. The van der Waals surface area contributed by atoms with E-state index >= 15 is 4.79 Å². The first-order valence-corrected chi connectivity index (χ1v) is 19.4. The molecule has 0 radical (unpaired) electrons. The lowest BCUT2D eigenvalue weighted by Gasteiger charge is -2.69. The normalized spacial score (nSPS) is 43.1. The van der Waals surface area contributed by atoms with Crippen LogP contribution in [0.2, 0.25) is 0 Å². The summed E-state index contributed by atoms with van der Waals surface area (Å²) in [6.07, 6.45) is 11.1. The van der Waals surface area contributed by atoms with E-state index in [1.807, 2.05) is 35.2 Å². The third-order valence-electron chi connectivity index (χ3n) is 16.1. The van der Waals surface area contributed by atoms with Crippen LogP contribution in [0.5, 0.6) is 0 Å². The Hall–Kier alpha value is -2.47. The van der Waals surface area contributed by atoms with E-state index in [-0.39, 0.29) is 52.5 Å². The summed E-state index contributed by atoms with van der Waals surface area (Å²) in [5, 5.41) is 0. The number of fused-ring (bicyclic) bond motifs is 9. The average Bonchev–Trinajstić information content (AvgIpc) is 3.51. The number of piperazine rings is 1. The number of hydrogen-bond donors (Lipinski definition) is 1. The molecule has 48 heavy (non-hydrogen) atoms. The molecule has 6 nitrogen and oxygen atoms in total. The number of rotatable bonds is 3. The van der Waals surface area contributed by atoms with Crippen molar-refractivity contribution < 1.29 is 14.4 Å². The summed E-state index contributed by atoms with van der Waals surface area (Å²) in [6.45, 7) is 15.6. The van der Waals surface area contributed by atoms with Crippen molar-refractivity contribution in [1.82, 2.24) is 9.80 Å². The predicted molar refractivity (Wildman–Crippen MR) is 189 cm³/mol. The molecular weight excluding hydrogens is 594 g/mol. The smallest absolute Gasteiger partial charge is 0.253 e. The highest BCUT2D eigenvalue weighted by Gasteiger charge is 2.68. The number of Topliss-reactive ketones (excluding diaryl/α,β-unsaturated/α-hetero) is 1. The monoisotopic (exact) mass is 653 g/mol. The first-order chi connectivity index (χ1) is 22.7. The molecule has 1 aromatic rings. The summed E-state index contributed by atoms with van der Waals surface area (Å²) < 4.78 is 0. The van der Waals surface area contributed by atoms with Crippen molar-refractivity contribution >= 4 is 17.6 Å². The zero-order valence-electron chi connectivity index (χ0n) is 30.4. The number of hydrogen-bond acceptors (Lipinski definition) is 4. The fraction of sp³-hybridized carbons (Fsp3) is 0.738. The van der Waals surface area contributed by atoms with Gasteiger partial charge in [-0.25, -0.2) is 0 Å². The molecule has 2 N–H and O–H groups in total. The SMILES string of the molecule is CC(C)C1=C2C3CCC4C(C)(CCC5C(C)(C)C(N)CCC54C)C3CC[C@@]2(C(=O)N2C3CCC2CN(C(=O)c2ccccc2)C3)CC1=O. The van der Waals surface area contributed by atoms with Crippen molar-refractivity contribution in [3.63, 3.8) is 0 Å². The number of benzene rings is 1. The number of nitrogens with zero attached hydrogens (tertiary/aromatic N) is 2. The maximum atomic E-state index is 15.3. The van der Waals surface area contributed by atoms with Crippen LogP contribution in [0.4, 0.5) is 0 Å². The molecule has 0 aromatic heterocycles. The van der Waals surface area contributed by atoms with Gasteiger partial charge in [0, 0.05) is 43.2 Å². The summed E-state index contributed by atoms with van der Waals surface area (Å²) in [6, 6.07) is 9.88. The number of ketones is 1. The molecule has 0 spiro atoms. The Morgan fingerprint density at radius 2 is 1.48 bits per heavy atom. The van der Waals surface area contributed by atoms with Gasteiger partial charge in [-0.05, 0) is 133 Å². The molecule has 8 rings (SSSR count). The Morgan fingerprint density at radius 3 is 2.15 bits per heavy atom. The van der Waals surface area contributed by atoms with E-state index in [4.69, 9.17) is 5.73 Å². The lowest BCUT2D eigenvalue weighted by atomic mass is 9.36. The van der Waals surface area contributed by atoms with Crippen LogP contribution in [0.15, 0.2) is 41.5 Å². The van der Waals surface area contributed by atoms with Crippen LogP contribution >= 0.6 is 0 Å². The van der Waals surface area contributed by atoms with Crippen molar-refractivity contribution in [1.29, 1.82) is 0 Å². The van der Waals surface area contributed by atoms with Crippen LogP contribution in [0.25, 0.3) is 0 Å². The summed E-state index contributed by atoms with van der Waals surface area (Å²) in [7, 11) is 0. The minimum absolute atomic E-state index is 0.0278. The molecule has 2 aliphatic heterocycles. The Bertz CT molecular complexity index is 1530. The highest BCUT2D eigenvalue weighted by molar-refractivity contribution is 6.07. The number of nitrogens with two attached hydrogens (primary N) is 1. The predicted octanol–water partition coefficient (Wildman–Crippen LogP) is 7.42. The highest BCUT2D eigenvalue weighted by Crippen LogP contribution is 2.73. The van der Waals surface area contributed by atoms with E-state index in [2.05, 4.69) is 46.4 Å². The van der Waals surface area contributed by atoms with Crippen LogP contribution in [-0.2, 0) is 9.59 Å². The first-order valence-electron chi connectivity index (χ1n) is 19.4. The average molecular weight is 654 g/mol. The van der Waals surface area contributed by atoms with Gasteiger partial charge in [0.2, 0.25) is 5.91 Å². The van der Waals surface area contributed by atoms with E-state index in [1.54, 1.807) is 0 Å². The van der Waals surface area contributed by atoms with Gasteiger partial charge >= 0.3 is 0 Å². The van der Waals surface area contributed by atoms with Crippen LogP contribution < -0.4 is 5.73 Å². The summed E-state index contributed by atoms with van der Waals surface area (Å²) in [4.78, 5) is 47.1. The molecule has 2 bridgehead atoms. The van der Waals surface area contributed by atoms with Crippen LogP contribution in [0, 0.1) is 51.2 Å². The second-order valence-electron chi connectivity index (χ2n) is 18.8. The topological polar surface area (TPSA) is 83.7 Å². The molecule has 2 amide bonds. The van der Waals surface area contributed by atoms with Crippen molar-refractivity contribution in [3.8, 4) is 0 Å². The quantitative estimate of drug-likeness (QED) is 0.368. The lowest BCUT2D eigenvalue weighted by Crippen LogP contribution is -2.64. The van der Waals surface area contributed by atoms with Gasteiger partial charge in [0.05, 0.1) is 5.41 Å². The Morgan fingerprint density at radius 1 is 0.812 bits per heavy atom. The second-order valence-corrected chi connectivity index (χ2v) is 18.8. The number of allylic oxidation sites excluding steroid dienone is 1. The van der Waals surface area contributed by atoms with E-state index < -0.39 is 5.41 Å². The van der Waals surface area contributed by atoms with Gasteiger partial charge in [0.15, 0.2) is 5.78 Å². The van der Waals surface area contributed by atoms with Gasteiger partial charge in [0.25, 0.3) is 5.91 Å². The number of likely N-dealkylation sites (tertiary alicyclic amines) is 1. The van der Waals surface area contributed by atoms with Crippen LogP contribution in [0.3, 0.4) is 0 Å². The lowest BCUT2D eigenvalue weighted by molar-refractivity contribution is -0.184. The molecule has 6 fully saturated rings. The van der Waals surface area contributed by atoms with E-state index in [1.165, 1.54) is 31.3 Å². The van der Waals surface area contributed by atoms with Gasteiger partial charge in [-0.2, -0.15) is 0 Å². The van der Waals surface area contributed by atoms with E-state index in [0.717, 1.165) is 44.1 Å². The third-order valence-corrected chi connectivity index (χ3v) is 16.1. The minimum Gasteiger partial charge on any atom is -0.335 e. The number of carbonyl (C=O) groups excluding carboxylic acids is 3. The van der Waals surface area contributed by atoms with E-state index in [0.29, 0.717) is 54.2 Å². The summed E-state index contributed by atoms with van der Waals surface area (Å²) in [5.41, 5.74) is 9.72. The molecule has 9 unspecified atom stereocenters. The zero-order valence-corrected chi connectivity index (χ0v) is 30.4. The number of carbonyl (C=O) groups is 3. The summed E-state index contributed by atoms with van der Waals surface area (Å²) in [5.74, 6) is 2.76. The fourth-order valence-electron chi connectivity index (χ4n) is 14.0. The zero-order chi connectivity index (χ0) is 34.0. The van der Waals surface area contributed by atoms with Crippen molar-refractivity contribution in [3.05, 3.63) is 47.0 Å². The molecule has 6 heteroatoms. The Kier molecular flexibility index (Phi) is 7.51. The van der Waals surface area contributed by atoms with Gasteiger partial charge in [-0.15, -0.1) is 0 Å². The van der Waals surface area contributed by atoms with Crippen molar-refractivity contribution in [2.75, 3.05) is 13.1 Å². The maximum Gasteiger partial charge on any atom is 0.253 e. The standard InChI is InChI=1S/C42H59N3O3/c1-25(2)35-31(46)22-42(38(48)45-27-12-13-28(45)24-44(23-27)37(47)26-10-8-7-9-11-26)21-16-30-29(36(35)42)14-15-33-40(30,5)19-17-32-39(3,4)34(43)18-20-41(32,33)6/h7-11,25,27-30,32-34H,12-24,43H2,1-6H3/t27?,28?,29?,30?,32?,33?,34?,40?,41?,42-/m1/s1. The summed E-state index contributed by atoms with van der Waals surface area (Å²) >= 11 is 0. The van der Waals surface area contributed by atoms with Gasteiger partial charge in [0.1, 0.15) is 0 Å². The fourth-order valence-corrected chi connectivity index (χ4v) is 14.0. The molecule has 260 valence electrons. The second kappa shape index (κ2) is 11.0. The van der Waals surface area contributed by atoms with Crippen LogP contribution in [-0.4, -0.2) is 58.6 Å². The Labute approximate surface area is 288 Å².